The Morgan fingerprint density at radius 2 is 1.38 bits per heavy atom. The van der Waals surface area contributed by atoms with Gasteiger partial charge in [0.05, 0.1) is 12.5 Å². The van der Waals surface area contributed by atoms with Crippen LogP contribution >= 0.6 is 0 Å². The van der Waals surface area contributed by atoms with Gasteiger partial charge in [0.15, 0.2) is 8.32 Å². The Hall–Kier alpha value is -1.93. The van der Waals surface area contributed by atoms with Gasteiger partial charge in [-0.25, -0.2) is 9.59 Å². The molecular formula is C37H68O7Si. The Kier molecular flexibility index (Phi) is 18.2. The molecule has 0 fully saturated rings. The molecule has 0 spiro atoms. The van der Waals surface area contributed by atoms with E-state index in [0.717, 1.165) is 17.9 Å². The van der Waals surface area contributed by atoms with Gasteiger partial charge >= 0.3 is 17.9 Å². The van der Waals surface area contributed by atoms with E-state index in [1.54, 1.807) is 33.8 Å². The molecule has 0 saturated heterocycles. The SMILES string of the molecule is CCC(C)CC(C)CC(C)CC(C)/C=C(C)/C=C(/CC(C)C(=O)OCC[C@H](O[Si](C)(C)C(C)(C)C)C(=O)OC(C)(C)C)C(=O)O. The normalized spacial score (nSPS) is 17.6. The van der Waals surface area contributed by atoms with Gasteiger partial charge in [-0.2, -0.15) is 0 Å². The number of esters is 2. The highest BCUT2D eigenvalue weighted by Crippen LogP contribution is 2.38. The molecule has 0 aliphatic carbocycles. The zero-order valence-corrected chi connectivity index (χ0v) is 32.5. The third-order valence-corrected chi connectivity index (χ3v) is 13.3. The molecule has 7 nitrogen and oxygen atoms in total. The number of ether oxygens (including phenoxy) is 2. The Morgan fingerprint density at radius 1 is 0.844 bits per heavy atom. The van der Waals surface area contributed by atoms with Crippen molar-refractivity contribution in [1.82, 2.24) is 0 Å². The second-order valence-corrected chi connectivity index (χ2v) is 21.0. The lowest BCUT2D eigenvalue weighted by Gasteiger charge is -2.39. The Balaban J connectivity index is 5.34. The van der Waals surface area contributed by atoms with Crippen molar-refractivity contribution in [2.45, 2.75) is 158 Å². The number of hydrogen-bond donors (Lipinski definition) is 1. The second-order valence-electron chi connectivity index (χ2n) is 16.3. The summed E-state index contributed by atoms with van der Waals surface area (Å²) in [7, 11) is -2.31. The van der Waals surface area contributed by atoms with Crippen LogP contribution in [0.15, 0.2) is 23.3 Å². The van der Waals surface area contributed by atoms with Crippen LogP contribution in [-0.2, 0) is 28.3 Å². The van der Waals surface area contributed by atoms with Crippen LogP contribution in [0, 0.1) is 29.6 Å². The van der Waals surface area contributed by atoms with E-state index in [2.05, 4.69) is 74.6 Å². The van der Waals surface area contributed by atoms with Crippen LogP contribution < -0.4 is 0 Å². The van der Waals surface area contributed by atoms with E-state index < -0.39 is 43.8 Å². The average Bonchev–Trinajstić information content (AvgIpc) is 2.84. The summed E-state index contributed by atoms with van der Waals surface area (Å²) < 4.78 is 17.5. The molecule has 0 radical (unpaired) electrons. The van der Waals surface area contributed by atoms with Crippen LogP contribution in [-0.4, -0.2) is 49.6 Å². The van der Waals surface area contributed by atoms with Crippen LogP contribution in [0.4, 0.5) is 0 Å². The van der Waals surface area contributed by atoms with Gasteiger partial charge < -0.3 is 19.0 Å². The number of carbonyl (C=O) groups excluding carboxylic acids is 2. The molecule has 45 heavy (non-hydrogen) atoms. The van der Waals surface area contributed by atoms with E-state index in [1.807, 2.05) is 6.92 Å². The summed E-state index contributed by atoms with van der Waals surface area (Å²) in [6.07, 6.45) is 7.86. The van der Waals surface area contributed by atoms with E-state index in [-0.39, 0.29) is 30.1 Å². The summed E-state index contributed by atoms with van der Waals surface area (Å²) in [5, 5.41) is 9.77. The molecule has 5 unspecified atom stereocenters. The highest BCUT2D eigenvalue weighted by molar-refractivity contribution is 6.74. The predicted molar refractivity (Wildman–Crippen MR) is 188 cm³/mol. The van der Waals surface area contributed by atoms with E-state index >= 15 is 0 Å². The van der Waals surface area contributed by atoms with Crippen LogP contribution in [0.25, 0.3) is 0 Å². The first-order valence-electron chi connectivity index (χ1n) is 17.1. The molecular weight excluding hydrogens is 584 g/mol. The van der Waals surface area contributed by atoms with Gasteiger partial charge in [-0.3, -0.25) is 4.79 Å². The number of aliphatic carboxylic acids is 1. The maximum atomic E-state index is 13.0. The second kappa shape index (κ2) is 19.0. The van der Waals surface area contributed by atoms with Crippen LogP contribution in [0.2, 0.25) is 18.1 Å². The number of rotatable bonds is 19. The monoisotopic (exact) mass is 652 g/mol. The number of carbonyl (C=O) groups is 3. The molecule has 0 aromatic rings. The molecule has 0 bridgehead atoms. The molecule has 0 saturated carbocycles. The van der Waals surface area contributed by atoms with Crippen molar-refractivity contribution in [3.05, 3.63) is 23.3 Å². The van der Waals surface area contributed by atoms with Crippen LogP contribution in [0.1, 0.15) is 129 Å². The molecule has 262 valence electrons. The summed E-state index contributed by atoms with van der Waals surface area (Å²) in [5.74, 6) is -0.340. The fourth-order valence-electron chi connectivity index (χ4n) is 5.36. The van der Waals surface area contributed by atoms with Gasteiger partial charge in [0.1, 0.15) is 11.7 Å². The number of hydrogen-bond acceptors (Lipinski definition) is 6. The van der Waals surface area contributed by atoms with Crippen molar-refractivity contribution in [3.8, 4) is 0 Å². The topological polar surface area (TPSA) is 99.1 Å². The van der Waals surface area contributed by atoms with E-state index in [9.17, 15) is 19.5 Å². The van der Waals surface area contributed by atoms with Crippen molar-refractivity contribution in [2.24, 2.45) is 29.6 Å². The summed E-state index contributed by atoms with van der Waals surface area (Å²) in [4.78, 5) is 37.9. The van der Waals surface area contributed by atoms with E-state index in [4.69, 9.17) is 13.9 Å². The third kappa shape index (κ3) is 18.1. The molecule has 6 atom stereocenters. The molecule has 0 aromatic carbocycles. The largest absolute Gasteiger partial charge is 0.478 e. The lowest BCUT2D eigenvalue weighted by molar-refractivity contribution is -0.166. The fraction of sp³-hybridized carbons (Fsp3) is 0.811. The van der Waals surface area contributed by atoms with Crippen molar-refractivity contribution < 1.29 is 33.4 Å². The number of carboxylic acid groups (broad SMARTS) is 1. The predicted octanol–water partition coefficient (Wildman–Crippen LogP) is 9.76. The van der Waals surface area contributed by atoms with E-state index in [1.165, 1.54) is 19.3 Å². The molecule has 1 N–H and O–H groups in total. The first kappa shape index (κ1) is 43.1. The van der Waals surface area contributed by atoms with Gasteiger partial charge in [0, 0.05) is 12.0 Å². The Morgan fingerprint density at radius 3 is 1.87 bits per heavy atom. The van der Waals surface area contributed by atoms with Crippen molar-refractivity contribution in [1.29, 1.82) is 0 Å². The maximum absolute atomic E-state index is 13.0. The van der Waals surface area contributed by atoms with Crippen molar-refractivity contribution in [3.63, 3.8) is 0 Å². The van der Waals surface area contributed by atoms with Crippen molar-refractivity contribution in [2.75, 3.05) is 6.61 Å². The number of carboxylic acids is 1. The Bertz CT molecular complexity index is 999. The summed E-state index contributed by atoms with van der Waals surface area (Å²) in [6.45, 7) is 30.7. The average molecular weight is 653 g/mol. The number of allylic oxidation sites excluding steroid dienone is 3. The van der Waals surface area contributed by atoms with Crippen LogP contribution in [0.3, 0.4) is 0 Å². The fourth-order valence-corrected chi connectivity index (χ4v) is 6.64. The van der Waals surface area contributed by atoms with Gasteiger partial charge in [-0.1, -0.05) is 80.4 Å². The first-order valence-corrected chi connectivity index (χ1v) is 20.0. The maximum Gasteiger partial charge on any atom is 0.334 e. The highest BCUT2D eigenvalue weighted by atomic mass is 28.4. The van der Waals surface area contributed by atoms with Gasteiger partial charge in [0.2, 0.25) is 0 Å². The first-order chi connectivity index (χ1) is 20.4. The lowest BCUT2D eigenvalue weighted by Crippen LogP contribution is -2.47. The molecule has 8 heteroatoms. The summed E-state index contributed by atoms with van der Waals surface area (Å²) >= 11 is 0. The standard InChI is InChI=1S/C37H68O7Si/c1-16-25(2)19-26(3)20-27(4)21-28(5)22-29(6)23-31(33(38)39)24-30(7)34(40)42-18-17-32(35(41)43-36(8,9)10)44-45(14,15)37(11,12)13/h22-23,25-28,30,32H,16-21,24H2,1-15H3,(H,38,39)/b29-22+,31-23-/t25?,26?,27?,28?,30?,32-/m0/s1. The molecule has 0 aliphatic rings. The zero-order chi connectivity index (χ0) is 35.3. The smallest absolute Gasteiger partial charge is 0.334 e. The molecule has 0 aromatic heterocycles. The molecule has 0 rings (SSSR count). The highest BCUT2D eigenvalue weighted by Gasteiger charge is 2.41. The lowest BCUT2D eigenvalue weighted by atomic mass is 9.84. The molecule has 0 heterocycles. The zero-order valence-electron chi connectivity index (χ0n) is 31.5. The minimum absolute atomic E-state index is 0.0293. The minimum Gasteiger partial charge on any atom is -0.478 e. The quantitative estimate of drug-likeness (QED) is 0.0642. The minimum atomic E-state index is -2.31. The Labute approximate surface area is 277 Å². The molecule has 0 aliphatic heterocycles. The van der Waals surface area contributed by atoms with Gasteiger partial charge in [-0.05, 0) is 101 Å². The van der Waals surface area contributed by atoms with Crippen molar-refractivity contribution >= 4 is 26.2 Å². The van der Waals surface area contributed by atoms with E-state index in [0.29, 0.717) is 17.8 Å². The summed E-state index contributed by atoms with van der Waals surface area (Å²) in [6, 6.07) is 0. The van der Waals surface area contributed by atoms with Crippen LogP contribution in [0.5, 0.6) is 0 Å². The molecule has 0 amide bonds. The summed E-state index contributed by atoms with van der Waals surface area (Å²) in [5.41, 5.74) is 0.373. The van der Waals surface area contributed by atoms with Gasteiger partial charge in [-0.15, -0.1) is 0 Å². The third-order valence-electron chi connectivity index (χ3n) is 8.77. The van der Waals surface area contributed by atoms with Gasteiger partial charge in [0.25, 0.3) is 0 Å².